The highest BCUT2D eigenvalue weighted by atomic mass is 35.5. The predicted molar refractivity (Wildman–Crippen MR) is 99.5 cm³/mol. The van der Waals surface area contributed by atoms with Crippen LogP contribution < -0.4 is 10.1 Å². The molecule has 0 bridgehead atoms. The van der Waals surface area contributed by atoms with Crippen molar-refractivity contribution >= 4 is 23.3 Å². The number of nitrogens with one attached hydrogen (secondary N) is 1. The van der Waals surface area contributed by atoms with Crippen LogP contribution in [0.2, 0.25) is 5.02 Å². The van der Waals surface area contributed by atoms with Gasteiger partial charge >= 0.3 is 0 Å². The molecule has 0 saturated carbocycles. The summed E-state index contributed by atoms with van der Waals surface area (Å²) < 4.78 is 5.09. The molecule has 0 radical (unpaired) electrons. The summed E-state index contributed by atoms with van der Waals surface area (Å²) in [6, 6.07) is 10.3. The molecule has 0 fully saturated rings. The highest BCUT2D eigenvalue weighted by Crippen LogP contribution is 2.24. The number of ether oxygens (including phenoxy) is 1. The number of amides is 1. The fourth-order valence-electron chi connectivity index (χ4n) is 2.01. The smallest absolute Gasteiger partial charge is 0.269 e. The van der Waals surface area contributed by atoms with E-state index in [-0.39, 0.29) is 11.7 Å². The average molecular weight is 363 g/mol. The van der Waals surface area contributed by atoms with Crippen LogP contribution in [-0.4, -0.2) is 30.3 Å². The fourth-order valence-corrected chi connectivity index (χ4v) is 2.18. The van der Waals surface area contributed by atoms with Gasteiger partial charge in [0.05, 0.1) is 12.7 Å². The molecule has 0 aliphatic heterocycles. The minimum Gasteiger partial charge on any atom is -0.496 e. The second kappa shape index (κ2) is 11.2. The Morgan fingerprint density at radius 2 is 1.96 bits per heavy atom. The molecule has 0 atom stereocenters. The SMILES string of the molecule is CCCC(=O)c1cc(Cl)ccc1OC.CCNC(=O)c1ccccn1. The number of rotatable bonds is 6. The maximum absolute atomic E-state index is 11.6. The van der Waals surface area contributed by atoms with Crippen molar-refractivity contribution in [2.75, 3.05) is 13.7 Å². The van der Waals surface area contributed by atoms with E-state index in [9.17, 15) is 9.59 Å². The van der Waals surface area contributed by atoms with Gasteiger partial charge in [-0.05, 0) is 43.7 Å². The summed E-state index contributed by atoms with van der Waals surface area (Å²) in [6.45, 7) is 4.48. The third-order valence-electron chi connectivity index (χ3n) is 3.17. The van der Waals surface area contributed by atoms with E-state index in [2.05, 4.69) is 10.3 Å². The Kier molecular flexibility index (Phi) is 9.25. The van der Waals surface area contributed by atoms with Crippen molar-refractivity contribution in [3.63, 3.8) is 0 Å². The van der Waals surface area contributed by atoms with E-state index in [0.29, 0.717) is 35.0 Å². The van der Waals surface area contributed by atoms with Crippen LogP contribution in [0, 0.1) is 0 Å². The molecule has 2 rings (SSSR count). The summed E-state index contributed by atoms with van der Waals surface area (Å²) in [5.41, 5.74) is 1.04. The molecule has 0 saturated heterocycles. The molecule has 0 aliphatic rings. The van der Waals surface area contributed by atoms with Crippen LogP contribution >= 0.6 is 11.6 Å². The molecular weight excluding hydrogens is 340 g/mol. The minimum atomic E-state index is -0.117. The fraction of sp³-hybridized carbons (Fsp3) is 0.316. The molecule has 1 N–H and O–H groups in total. The van der Waals surface area contributed by atoms with E-state index in [0.717, 1.165) is 6.42 Å². The molecule has 1 aromatic carbocycles. The summed E-state index contributed by atoms with van der Waals surface area (Å²) in [5.74, 6) is 0.549. The highest BCUT2D eigenvalue weighted by Gasteiger charge is 2.11. The van der Waals surface area contributed by atoms with Gasteiger partial charge < -0.3 is 10.1 Å². The van der Waals surface area contributed by atoms with Crippen LogP contribution in [0.1, 0.15) is 47.5 Å². The van der Waals surface area contributed by atoms with Gasteiger partial charge in [-0.15, -0.1) is 0 Å². The molecular formula is C19H23ClN2O3. The monoisotopic (exact) mass is 362 g/mol. The van der Waals surface area contributed by atoms with Crippen LogP contribution in [0.5, 0.6) is 5.75 Å². The second-order valence-corrected chi connectivity index (χ2v) is 5.53. The lowest BCUT2D eigenvalue weighted by atomic mass is 10.1. The molecule has 134 valence electrons. The summed E-state index contributed by atoms with van der Waals surface area (Å²) >= 11 is 5.81. The van der Waals surface area contributed by atoms with Gasteiger partial charge in [0.2, 0.25) is 0 Å². The standard InChI is InChI=1S/C11H13ClO2.C8H10N2O/c1-3-4-10(13)9-7-8(12)5-6-11(9)14-2;1-2-9-8(11)7-5-3-4-6-10-7/h5-7H,3-4H2,1-2H3;3-6H,2H2,1H3,(H,9,11). The van der Waals surface area contributed by atoms with Gasteiger partial charge in [-0.1, -0.05) is 24.6 Å². The number of hydrogen-bond acceptors (Lipinski definition) is 4. The van der Waals surface area contributed by atoms with Crippen LogP contribution in [-0.2, 0) is 0 Å². The number of carbonyl (C=O) groups is 2. The summed E-state index contributed by atoms with van der Waals surface area (Å²) in [6.07, 6.45) is 2.95. The summed E-state index contributed by atoms with van der Waals surface area (Å²) in [7, 11) is 1.55. The molecule has 1 amide bonds. The Morgan fingerprint density at radius 1 is 1.20 bits per heavy atom. The van der Waals surface area contributed by atoms with E-state index in [1.165, 1.54) is 0 Å². The molecule has 25 heavy (non-hydrogen) atoms. The Morgan fingerprint density at radius 3 is 2.52 bits per heavy atom. The number of ketones is 1. The largest absolute Gasteiger partial charge is 0.496 e. The molecule has 0 unspecified atom stereocenters. The average Bonchev–Trinajstić information content (AvgIpc) is 2.63. The molecule has 2 aromatic rings. The lowest BCUT2D eigenvalue weighted by molar-refractivity contribution is 0.0948. The number of Topliss-reactive ketones (excluding diaryl/α,β-unsaturated/α-hetero) is 1. The van der Waals surface area contributed by atoms with E-state index >= 15 is 0 Å². The molecule has 0 spiro atoms. The maximum Gasteiger partial charge on any atom is 0.269 e. The normalized spacial score (nSPS) is 9.60. The number of nitrogens with zero attached hydrogens (tertiary/aromatic N) is 1. The van der Waals surface area contributed by atoms with Gasteiger partial charge in [-0.3, -0.25) is 14.6 Å². The Balaban J connectivity index is 0.000000257. The van der Waals surface area contributed by atoms with Gasteiger partial charge in [0.15, 0.2) is 5.78 Å². The molecule has 1 heterocycles. The number of halogens is 1. The zero-order valence-corrected chi connectivity index (χ0v) is 15.5. The summed E-state index contributed by atoms with van der Waals surface area (Å²) in [4.78, 5) is 26.6. The van der Waals surface area contributed by atoms with Crippen LogP contribution in [0.4, 0.5) is 0 Å². The lowest BCUT2D eigenvalue weighted by Crippen LogP contribution is -2.23. The number of carbonyl (C=O) groups excluding carboxylic acids is 2. The van der Waals surface area contributed by atoms with E-state index < -0.39 is 0 Å². The van der Waals surface area contributed by atoms with Crippen molar-refractivity contribution in [2.45, 2.75) is 26.7 Å². The van der Waals surface area contributed by atoms with Crippen LogP contribution in [0.15, 0.2) is 42.6 Å². The lowest BCUT2D eigenvalue weighted by Gasteiger charge is -2.06. The first-order chi connectivity index (χ1) is 12.0. The van der Waals surface area contributed by atoms with Crippen molar-refractivity contribution in [2.24, 2.45) is 0 Å². The molecule has 1 aromatic heterocycles. The first-order valence-electron chi connectivity index (χ1n) is 8.09. The van der Waals surface area contributed by atoms with E-state index in [1.54, 1.807) is 49.7 Å². The first kappa shape index (κ1) is 20.6. The van der Waals surface area contributed by atoms with Crippen LogP contribution in [0.3, 0.4) is 0 Å². The first-order valence-corrected chi connectivity index (χ1v) is 8.47. The Bertz CT molecular complexity index is 690. The zero-order chi connectivity index (χ0) is 18.7. The quantitative estimate of drug-likeness (QED) is 0.783. The Labute approximate surface area is 153 Å². The van der Waals surface area contributed by atoms with E-state index in [4.69, 9.17) is 16.3 Å². The molecule has 5 nitrogen and oxygen atoms in total. The van der Waals surface area contributed by atoms with Gasteiger partial charge in [0, 0.05) is 24.2 Å². The van der Waals surface area contributed by atoms with Gasteiger partial charge in [0.1, 0.15) is 11.4 Å². The topological polar surface area (TPSA) is 68.3 Å². The number of methoxy groups -OCH3 is 1. The second-order valence-electron chi connectivity index (χ2n) is 5.09. The number of benzene rings is 1. The van der Waals surface area contributed by atoms with Crippen molar-refractivity contribution in [3.05, 3.63) is 58.9 Å². The molecule has 0 aliphatic carbocycles. The Hall–Kier alpha value is -2.40. The number of pyridine rings is 1. The molecule has 6 heteroatoms. The number of aromatic nitrogens is 1. The van der Waals surface area contributed by atoms with Crippen molar-refractivity contribution < 1.29 is 14.3 Å². The zero-order valence-electron chi connectivity index (χ0n) is 14.7. The van der Waals surface area contributed by atoms with Gasteiger partial charge in [0.25, 0.3) is 5.91 Å². The van der Waals surface area contributed by atoms with Gasteiger partial charge in [-0.25, -0.2) is 0 Å². The van der Waals surface area contributed by atoms with Gasteiger partial charge in [-0.2, -0.15) is 0 Å². The third kappa shape index (κ3) is 6.93. The van der Waals surface area contributed by atoms with Crippen LogP contribution in [0.25, 0.3) is 0 Å². The summed E-state index contributed by atoms with van der Waals surface area (Å²) in [5, 5.41) is 3.22. The predicted octanol–water partition coefficient (Wildman–Crippen LogP) is 4.16. The minimum absolute atomic E-state index is 0.0758. The number of hydrogen-bond donors (Lipinski definition) is 1. The highest BCUT2D eigenvalue weighted by molar-refractivity contribution is 6.31. The third-order valence-corrected chi connectivity index (χ3v) is 3.41. The van der Waals surface area contributed by atoms with Crippen molar-refractivity contribution in [1.82, 2.24) is 10.3 Å². The van der Waals surface area contributed by atoms with Crippen molar-refractivity contribution in [3.8, 4) is 5.75 Å². The van der Waals surface area contributed by atoms with Crippen molar-refractivity contribution in [1.29, 1.82) is 0 Å². The maximum atomic E-state index is 11.6. The van der Waals surface area contributed by atoms with E-state index in [1.807, 2.05) is 13.8 Å².